The molecule has 2 unspecified atom stereocenters. The molecule has 6 aliphatic rings. The summed E-state index contributed by atoms with van der Waals surface area (Å²) in [5.74, 6) is 3.23. The Morgan fingerprint density at radius 1 is 0.833 bits per heavy atom. The molecule has 0 aromatic heterocycles. The van der Waals surface area contributed by atoms with Crippen molar-refractivity contribution in [3.8, 4) is 0 Å². The summed E-state index contributed by atoms with van der Waals surface area (Å²) in [6.45, 7) is 2.15. The van der Waals surface area contributed by atoms with Crippen LogP contribution in [0.25, 0.3) is 0 Å². The molecule has 2 atom stereocenters. The van der Waals surface area contributed by atoms with Gasteiger partial charge in [-0.25, -0.2) is 9.59 Å². The van der Waals surface area contributed by atoms with Crippen molar-refractivity contribution < 1.29 is 9.59 Å². The molecule has 0 aromatic carbocycles. The molecule has 4 bridgehead atoms. The van der Waals surface area contributed by atoms with Gasteiger partial charge in [-0.1, -0.05) is 12.8 Å². The number of hydrogen-bond donors (Lipinski definition) is 3. The zero-order valence-corrected chi connectivity index (χ0v) is 18.5. The first-order chi connectivity index (χ1) is 14.6. The lowest BCUT2D eigenvalue weighted by molar-refractivity contribution is -0.0135. The maximum Gasteiger partial charge on any atom is 0.317 e. The van der Waals surface area contributed by atoms with Crippen molar-refractivity contribution in [2.75, 3.05) is 19.6 Å². The van der Waals surface area contributed by atoms with E-state index in [0.29, 0.717) is 25.0 Å². The van der Waals surface area contributed by atoms with Crippen molar-refractivity contribution >= 4 is 12.1 Å². The van der Waals surface area contributed by atoms with Crippen molar-refractivity contribution in [1.29, 1.82) is 0 Å². The number of piperidine rings is 1. The minimum atomic E-state index is -0.00986. The predicted molar refractivity (Wildman–Crippen MR) is 117 cm³/mol. The third-order valence-corrected chi connectivity index (χ3v) is 8.84. The molecule has 4 amide bonds. The molecule has 6 rings (SSSR count). The standard InChI is InChI=1S/C24H40N4O2/c29-22(27-24-14-17-11-18(15-24)13-19(12-17)16-24)25-8-4-9-26-23(30)28-10-3-6-20-5-1-2-7-21(20)28/h17-21H,1-16H2,(H,26,30)(H2,25,27,29). The van der Waals surface area contributed by atoms with Crippen LogP contribution in [0.5, 0.6) is 0 Å². The number of amides is 4. The Balaban J connectivity index is 1.00. The summed E-state index contributed by atoms with van der Waals surface area (Å²) in [5.41, 5.74) is 0.0673. The Morgan fingerprint density at radius 3 is 2.20 bits per heavy atom. The van der Waals surface area contributed by atoms with Crippen LogP contribution in [0.4, 0.5) is 9.59 Å². The van der Waals surface area contributed by atoms with Gasteiger partial charge in [0.05, 0.1) is 0 Å². The van der Waals surface area contributed by atoms with Crippen LogP contribution in [0.2, 0.25) is 0 Å². The first-order valence-corrected chi connectivity index (χ1v) is 12.7. The summed E-state index contributed by atoms with van der Waals surface area (Å²) in [6, 6.07) is 0.547. The minimum Gasteiger partial charge on any atom is -0.338 e. The first-order valence-electron chi connectivity index (χ1n) is 12.7. The Bertz CT molecular complexity index is 614. The molecule has 1 saturated heterocycles. The Hall–Kier alpha value is -1.46. The van der Waals surface area contributed by atoms with Gasteiger partial charge >= 0.3 is 12.1 Å². The lowest BCUT2D eigenvalue weighted by Gasteiger charge is -2.56. The maximum absolute atomic E-state index is 12.7. The van der Waals surface area contributed by atoms with Crippen molar-refractivity contribution in [3.63, 3.8) is 0 Å². The highest BCUT2D eigenvalue weighted by Crippen LogP contribution is 2.55. The Kier molecular flexibility index (Phi) is 5.85. The van der Waals surface area contributed by atoms with Crippen LogP contribution < -0.4 is 16.0 Å². The average molecular weight is 417 g/mol. The number of nitrogens with zero attached hydrogens (tertiary/aromatic N) is 1. The highest BCUT2D eigenvalue weighted by Gasteiger charge is 2.51. The molecule has 0 radical (unpaired) electrons. The molecule has 1 heterocycles. The zero-order chi connectivity index (χ0) is 20.6. The average Bonchev–Trinajstić information content (AvgIpc) is 2.71. The number of hydrogen-bond acceptors (Lipinski definition) is 2. The first kappa shape index (κ1) is 20.4. The summed E-state index contributed by atoms with van der Waals surface area (Å²) in [6.07, 6.45) is 16.0. The highest BCUT2D eigenvalue weighted by molar-refractivity contribution is 5.75. The minimum absolute atomic E-state index is 0.00986. The second-order valence-electron chi connectivity index (χ2n) is 11.1. The van der Waals surface area contributed by atoms with Crippen molar-refractivity contribution in [3.05, 3.63) is 0 Å². The van der Waals surface area contributed by atoms with E-state index in [-0.39, 0.29) is 17.6 Å². The topological polar surface area (TPSA) is 73.5 Å². The van der Waals surface area contributed by atoms with E-state index in [1.807, 2.05) is 0 Å². The zero-order valence-electron chi connectivity index (χ0n) is 18.5. The van der Waals surface area contributed by atoms with Crippen LogP contribution >= 0.6 is 0 Å². The number of urea groups is 2. The van der Waals surface area contributed by atoms with Gasteiger partial charge in [-0.2, -0.15) is 0 Å². The van der Waals surface area contributed by atoms with Crippen LogP contribution in [-0.2, 0) is 0 Å². The molecule has 1 aliphatic heterocycles. The molecular weight excluding hydrogens is 376 g/mol. The lowest BCUT2D eigenvalue weighted by Crippen LogP contribution is -2.61. The molecule has 5 saturated carbocycles. The normalized spacial score (nSPS) is 39.3. The number of carbonyl (C=O) groups is 2. The molecule has 6 heteroatoms. The fraction of sp³-hybridized carbons (Fsp3) is 0.917. The van der Waals surface area contributed by atoms with E-state index < -0.39 is 0 Å². The van der Waals surface area contributed by atoms with Crippen LogP contribution in [0, 0.1) is 23.7 Å². The molecule has 6 nitrogen and oxygen atoms in total. The third kappa shape index (κ3) is 4.29. The predicted octanol–water partition coefficient (Wildman–Crippen LogP) is 4.01. The van der Waals surface area contributed by atoms with E-state index in [9.17, 15) is 9.59 Å². The van der Waals surface area contributed by atoms with Crippen LogP contribution in [0.15, 0.2) is 0 Å². The number of carbonyl (C=O) groups excluding carboxylic acids is 2. The van der Waals surface area contributed by atoms with Gasteiger partial charge in [0.25, 0.3) is 0 Å². The summed E-state index contributed by atoms with van der Waals surface area (Å²) in [4.78, 5) is 27.3. The van der Waals surface area contributed by atoms with E-state index in [4.69, 9.17) is 0 Å². The molecule has 168 valence electrons. The molecule has 30 heavy (non-hydrogen) atoms. The van der Waals surface area contributed by atoms with Gasteiger partial charge in [0.1, 0.15) is 0 Å². The molecule has 0 spiro atoms. The van der Waals surface area contributed by atoms with Crippen molar-refractivity contribution in [2.45, 2.75) is 95.1 Å². The molecule has 6 fully saturated rings. The second kappa shape index (κ2) is 8.58. The second-order valence-corrected chi connectivity index (χ2v) is 11.1. The van der Waals surface area contributed by atoms with Gasteiger partial charge in [0.2, 0.25) is 0 Å². The Morgan fingerprint density at radius 2 is 1.47 bits per heavy atom. The molecular formula is C24H40N4O2. The quantitative estimate of drug-likeness (QED) is 0.593. The fourth-order valence-corrected chi connectivity index (χ4v) is 8.01. The van der Waals surface area contributed by atoms with Gasteiger partial charge in [0.15, 0.2) is 0 Å². The van der Waals surface area contributed by atoms with Gasteiger partial charge in [0, 0.05) is 31.2 Å². The monoisotopic (exact) mass is 416 g/mol. The van der Waals surface area contributed by atoms with Gasteiger partial charge < -0.3 is 20.9 Å². The SMILES string of the molecule is O=C(NCCCNC(=O)N1CCCC2CCCCC21)NC12CC3CC(CC(C3)C1)C2. The highest BCUT2D eigenvalue weighted by atomic mass is 16.2. The van der Waals surface area contributed by atoms with Crippen LogP contribution in [0.1, 0.15) is 83.5 Å². The van der Waals surface area contributed by atoms with Gasteiger partial charge in [-0.05, 0) is 94.3 Å². The third-order valence-electron chi connectivity index (χ3n) is 8.84. The summed E-state index contributed by atoms with van der Waals surface area (Å²) >= 11 is 0. The summed E-state index contributed by atoms with van der Waals surface area (Å²) < 4.78 is 0. The molecule has 5 aliphatic carbocycles. The smallest absolute Gasteiger partial charge is 0.317 e. The lowest BCUT2D eigenvalue weighted by atomic mass is 9.53. The summed E-state index contributed by atoms with van der Waals surface area (Å²) in [5, 5.41) is 9.50. The van der Waals surface area contributed by atoms with E-state index >= 15 is 0 Å². The van der Waals surface area contributed by atoms with E-state index in [1.165, 1.54) is 70.6 Å². The van der Waals surface area contributed by atoms with Crippen LogP contribution in [-0.4, -0.2) is 48.2 Å². The number of nitrogens with one attached hydrogen (secondary N) is 3. The number of rotatable bonds is 5. The van der Waals surface area contributed by atoms with Gasteiger partial charge in [-0.3, -0.25) is 0 Å². The van der Waals surface area contributed by atoms with Crippen LogP contribution in [0.3, 0.4) is 0 Å². The number of fused-ring (bicyclic) bond motifs is 1. The molecule has 3 N–H and O–H groups in total. The maximum atomic E-state index is 12.7. The van der Waals surface area contributed by atoms with E-state index in [0.717, 1.165) is 37.1 Å². The molecule has 0 aromatic rings. The van der Waals surface area contributed by atoms with Crippen molar-refractivity contribution in [2.24, 2.45) is 23.7 Å². The van der Waals surface area contributed by atoms with E-state index in [2.05, 4.69) is 20.9 Å². The Labute approximate surface area is 181 Å². The fourth-order valence-electron chi connectivity index (χ4n) is 8.01. The van der Waals surface area contributed by atoms with E-state index in [1.54, 1.807) is 0 Å². The van der Waals surface area contributed by atoms with Gasteiger partial charge in [-0.15, -0.1) is 0 Å². The van der Waals surface area contributed by atoms with Crippen molar-refractivity contribution in [1.82, 2.24) is 20.9 Å². The largest absolute Gasteiger partial charge is 0.338 e. The number of likely N-dealkylation sites (tertiary alicyclic amines) is 1. The summed E-state index contributed by atoms with van der Waals surface area (Å²) in [7, 11) is 0.